The maximum Gasteiger partial charge on any atom is 0.229 e. The van der Waals surface area contributed by atoms with Crippen LogP contribution in [0.3, 0.4) is 0 Å². The largest absolute Gasteiger partial charge is 0.489 e. The van der Waals surface area contributed by atoms with Crippen molar-refractivity contribution in [1.29, 1.82) is 0 Å². The molecule has 0 bridgehead atoms. The summed E-state index contributed by atoms with van der Waals surface area (Å²) in [6, 6.07) is 25.4. The number of carbonyl (C=O) groups excluding carboxylic acids is 1. The molecule has 1 aromatic heterocycles. The highest BCUT2D eigenvalue weighted by molar-refractivity contribution is 5.92. The molecule has 2 N–H and O–H groups in total. The van der Waals surface area contributed by atoms with Crippen molar-refractivity contribution in [3.05, 3.63) is 107 Å². The Labute approximate surface area is 236 Å². The second-order valence-corrected chi connectivity index (χ2v) is 10.7. The minimum atomic E-state index is -0.516. The van der Waals surface area contributed by atoms with Gasteiger partial charge in [0, 0.05) is 5.56 Å². The summed E-state index contributed by atoms with van der Waals surface area (Å²) in [4.78, 5) is 22.7. The number of anilines is 1. The predicted molar refractivity (Wildman–Crippen MR) is 158 cm³/mol. The van der Waals surface area contributed by atoms with E-state index < -0.39 is 6.10 Å². The van der Waals surface area contributed by atoms with Crippen LogP contribution in [0.2, 0.25) is 0 Å². The Bertz CT molecular complexity index is 1380. The van der Waals surface area contributed by atoms with E-state index in [0.717, 1.165) is 45.8 Å². The van der Waals surface area contributed by atoms with E-state index in [4.69, 9.17) is 9.72 Å². The summed E-state index contributed by atoms with van der Waals surface area (Å²) in [7, 11) is 0. The van der Waals surface area contributed by atoms with E-state index >= 15 is 0 Å². The number of benzene rings is 3. The Hall–Kier alpha value is -4.03. The van der Waals surface area contributed by atoms with E-state index in [1.54, 1.807) is 13.1 Å². The quantitative estimate of drug-likeness (QED) is 0.227. The Morgan fingerprint density at radius 1 is 0.950 bits per heavy atom. The van der Waals surface area contributed by atoms with Gasteiger partial charge in [-0.05, 0) is 48.1 Å². The molecule has 0 saturated heterocycles. The first kappa shape index (κ1) is 27.5. The maximum atomic E-state index is 13.0. The van der Waals surface area contributed by atoms with Gasteiger partial charge in [0.15, 0.2) is 5.82 Å². The van der Waals surface area contributed by atoms with Crippen molar-refractivity contribution in [3.63, 3.8) is 0 Å². The van der Waals surface area contributed by atoms with Crippen molar-refractivity contribution >= 4 is 11.7 Å². The molecule has 1 unspecified atom stereocenters. The minimum absolute atomic E-state index is 0.119. The van der Waals surface area contributed by atoms with Crippen molar-refractivity contribution in [2.75, 3.05) is 5.32 Å². The summed E-state index contributed by atoms with van der Waals surface area (Å²) in [5, 5.41) is 12.9. The van der Waals surface area contributed by atoms with Crippen LogP contribution in [0.25, 0.3) is 11.3 Å². The predicted octanol–water partition coefficient (Wildman–Crippen LogP) is 7.08. The topological polar surface area (TPSA) is 84.3 Å². The van der Waals surface area contributed by atoms with Crippen molar-refractivity contribution in [2.45, 2.75) is 64.6 Å². The fraction of sp³-hybridized carbons (Fsp3) is 0.324. The molecular weight excluding hydrogens is 498 g/mol. The lowest BCUT2D eigenvalue weighted by atomic mass is 9.86. The van der Waals surface area contributed by atoms with Crippen molar-refractivity contribution in [2.24, 2.45) is 5.92 Å². The number of ether oxygens (including phenoxy) is 1. The normalized spacial score (nSPS) is 14.4. The number of hydrogen-bond donors (Lipinski definition) is 2. The second kappa shape index (κ2) is 13.4. The lowest BCUT2D eigenvalue weighted by molar-refractivity contribution is -0.115. The van der Waals surface area contributed by atoms with Crippen LogP contribution >= 0.6 is 0 Å². The molecule has 5 rings (SSSR count). The zero-order valence-electron chi connectivity index (χ0n) is 23.1. The van der Waals surface area contributed by atoms with Crippen LogP contribution in [0, 0.1) is 5.92 Å². The smallest absolute Gasteiger partial charge is 0.229 e. The average molecular weight is 536 g/mol. The molecule has 1 atom stereocenters. The molecule has 0 spiro atoms. The van der Waals surface area contributed by atoms with E-state index in [1.165, 1.54) is 32.1 Å². The molecule has 1 saturated carbocycles. The van der Waals surface area contributed by atoms with Gasteiger partial charge in [-0.3, -0.25) is 4.79 Å². The fourth-order valence-corrected chi connectivity index (χ4v) is 5.22. The number of amides is 1. The monoisotopic (exact) mass is 535 g/mol. The van der Waals surface area contributed by atoms with Gasteiger partial charge < -0.3 is 15.2 Å². The number of nitrogens with one attached hydrogen (secondary N) is 1. The summed E-state index contributed by atoms with van der Waals surface area (Å²) >= 11 is 0. The van der Waals surface area contributed by atoms with Crippen LogP contribution in [0.5, 0.6) is 5.75 Å². The third-order valence-electron chi connectivity index (χ3n) is 7.53. The number of aliphatic hydroxyl groups excluding tert-OH is 1. The minimum Gasteiger partial charge on any atom is -0.489 e. The third kappa shape index (κ3) is 7.54. The molecular formula is C34H37N3O3. The van der Waals surface area contributed by atoms with Crippen molar-refractivity contribution < 1.29 is 14.6 Å². The zero-order chi connectivity index (χ0) is 27.7. The molecule has 0 aliphatic heterocycles. The molecule has 1 aliphatic carbocycles. The molecule has 1 fully saturated rings. The van der Waals surface area contributed by atoms with Crippen LogP contribution in [0.4, 0.5) is 5.82 Å². The van der Waals surface area contributed by atoms with Crippen LogP contribution in [0.1, 0.15) is 67.5 Å². The molecule has 1 heterocycles. The number of aromatic nitrogens is 2. The van der Waals surface area contributed by atoms with Crippen LogP contribution in [0.15, 0.2) is 85.1 Å². The highest BCUT2D eigenvalue weighted by Gasteiger charge is 2.19. The standard InChI is InChI=1S/C34H37N3O3/c1-24(38)28-14-16-29(17-15-28)32-22-35-34(31(36-32)20-25-8-4-2-5-9-25)37-33(39)21-26-12-18-30(19-13-26)40-23-27-10-6-3-7-11-27/h3,6-7,10-19,22,24-25,38H,2,4-5,8-9,20-21,23H2,1H3,(H,35,37,39). The molecule has 4 aromatic rings. The molecule has 206 valence electrons. The van der Waals surface area contributed by atoms with Gasteiger partial charge in [-0.2, -0.15) is 0 Å². The van der Waals surface area contributed by atoms with Crippen molar-refractivity contribution in [3.8, 4) is 17.0 Å². The molecule has 1 amide bonds. The van der Waals surface area contributed by atoms with Gasteiger partial charge in [0.2, 0.25) is 5.91 Å². The number of nitrogens with zero attached hydrogens (tertiary/aromatic N) is 2. The number of rotatable bonds is 10. The summed E-state index contributed by atoms with van der Waals surface area (Å²) < 4.78 is 5.87. The Morgan fingerprint density at radius 3 is 2.38 bits per heavy atom. The highest BCUT2D eigenvalue weighted by atomic mass is 16.5. The lowest BCUT2D eigenvalue weighted by Crippen LogP contribution is -2.19. The van der Waals surface area contributed by atoms with Crippen molar-refractivity contribution in [1.82, 2.24) is 9.97 Å². The second-order valence-electron chi connectivity index (χ2n) is 10.7. The van der Waals surface area contributed by atoms with E-state index in [-0.39, 0.29) is 12.3 Å². The van der Waals surface area contributed by atoms with Crippen LogP contribution in [-0.2, 0) is 24.2 Å². The van der Waals surface area contributed by atoms with Gasteiger partial charge in [0.05, 0.1) is 30.1 Å². The zero-order valence-corrected chi connectivity index (χ0v) is 23.1. The third-order valence-corrected chi connectivity index (χ3v) is 7.53. The average Bonchev–Trinajstić information content (AvgIpc) is 2.99. The van der Waals surface area contributed by atoms with Gasteiger partial charge >= 0.3 is 0 Å². The van der Waals surface area contributed by atoms with Crippen LogP contribution in [-0.4, -0.2) is 21.0 Å². The molecule has 1 aliphatic rings. The molecule has 40 heavy (non-hydrogen) atoms. The maximum absolute atomic E-state index is 13.0. The number of aliphatic hydroxyl groups is 1. The van der Waals surface area contributed by atoms with E-state index in [0.29, 0.717) is 18.3 Å². The Kier molecular flexibility index (Phi) is 9.19. The highest BCUT2D eigenvalue weighted by Crippen LogP contribution is 2.30. The van der Waals surface area contributed by atoms with Gasteiger partial charge in [-0.25, -0.2) is 9.97 Å². The van der Waals surface area contributed by atoms with Gasteiger partial charge in [0.1, 0.15) is 12.4 Å². The van der Waals surface area contributed by atoms with E-state index in [9.17, 15) is 9.90 Å². The molecule has 6 heteroatoms. The molecule has 6 nitrogen and oxygen atoms in total. The number of carbonyl (C=O) groups is 1. The molecule has 3 aromatic carbocycles. The number of hydrogen-bond acceptors (Lipinski definition) is 5. The summed E-state index contributed by atoms with van der Waals surface area (Å²) in [6.45, 7) is 2.26. The van der Waals surface area contributed by atoms with Gasteiger partial charge in [0.25, 0.3) is 0 Å². The van der Waals surface area contributed by atoms with Gasteiger partial charge in [-0.15, -0.1) is 0 Å². The van der Waals surface area contributed by atoms with Crippen LogP contribution < -0.4 is 10.1 Å². The first-order valence-electron chi connectivity index (χ1n) is 14.2. The van der Waals surface area contributed by atoms with E-state index in [1.807, 2.05) is 78.9 Å². The lowest BCUT2D eigenvalue weighted by Gasteiger charge is -2.22. The Balaban J connectivity index is 1.26. The summed E-state index contributed by atoms with van der Waals surface area (Å²) in [6.07, 6.45) is 8.38. The first-order valence-corrected chi connectivity index (χ1v) is 14.2. The Morgan fingerprint density at radius 2 is 1.68 bits per heavy atom. The fourth-order valence-electron chi connectivity index (χ4n) is 5.22. The summed E-state index contributed by atoms with van der Waals surface area (Å²) in [5.74, 6) is 1.75. The SMILES string of the molecule is CC(O)c1ccc(-c2cnc(NC(=O)Cc3ccc(OCc4ccccc4)cc3)c(CC3CCCCC3)n2)cc1. The van der Waals surface area contributed by atoms with E-state index in [2.05, 4.69) is 10.3 Å². The first-order chi connectivity index (χ1) is 19.5. The van der Waals surface area contributed by atoms with Gasteiger partial charge in [-0.1, -0.05) is 98.8 Å². The summed E-state index contributed by atoms with van der Waals surface area (Å²) in [5.41, 5.74) is 5.42. The molecule has 0 radical (unpaired) electrons.